The Balaban J connectivity index is 1.88. The minimum Gasteiger partial charge on any atom is -0.384 e. The molecule has 0 saturated carbocycles. The first-order valence-corrected chi connectivity index (χ1v) is 8.98. The molecule has 1 aromatic carbocycles. The zero-order valence-corrected chi connectivity index (χ0v) is 15.8. The predicted molar refractivity (Wildman–Crippen MR) is 96.3 cm³/mol. The monoisotopic (exact) mass is 406 g/mol. The largest absolute Gasteiger partial charge is 0.384 e. The fourth-order valence-electron chi connectivity index (χ4n) is 3.27. The average molecular weight is 407 g/mol. The molecule has 1 spiro atoms. The van der Waals surface area contributed by atoms with Crippen LogP contribution in [0.5, 0.6) is 0 Å². The molecular weight excluding hydrogens is 388 g/mol. The number of oxime groups is 1. The van der Waals surface area contributed by atoms with Crippen molar-refractivity contribution in [1.29, 1.82) is 0 Å². The summed E-state index contributed by atoms with van der Waals surface area (Å²) in [4.78, 5) is 10.6. The van der Waals surface area contributed by atoms with E-state index >= 15 is 0 Å². The lowest BCUT2D eigenvalue weighted by Gasteiger charge is -2.28. The molecule has 7 heteroatoms. The maximum atomic E-state index is 6.27. The van der Waals surface area contributed by atoms with Crippen LogP contribution in [0.2, 0.25) is 0 Å². The Morgan fingerprint density at radius 3 is 2.88 bits per heavy atom. The molecule has 0 amide bonds. The van der Waals surface area contributed by atoms with Crippen LogP contribution in [-0.4, -0.2) is 29.4 Å². The number of methoxy groups -OCH3 is 1. The van der Waals surface area contributed by atoms with Crippen molar-refractivity contribution in [2.24, 2.45) is 11.1 Å². The molecule has 0 unspecified atom stereocenters. The first kappa shape index (κ1) is 16.9. The van der Waals surface area contributed by atoms with Crippen molar-refractivity contribution in [1.82, 2.24) is 4.98 Å². The number of hydrogen-bond acceptors (Lipinski definition) is 6. The third-order valence-corrected chi connectivity index (χ3v) is 5.06. The zero-order chi connectivity index (χ0) is 17.6. The molecule has 2 aliphatic heterocycles. The summed E-state index contributed by atoms with van der Waals surface area (Å²) in [6.07, 6.45) is -0.578. The molecule has 0 aliphatic carbocycles. The number of fused-ring (bicyclic) bond motifs is 3. The van der Waals surface area contributed by atoms with Crippen LogP contribution < -0.4 is 0 Å². The van der Waals surface area contributed by atoms with Crippen molar-refractivity contribution in [2.45, 2.75) is 32.0 Å². The van der Waals surface area contributed by atoms with Crippen molar-refractivity contribution in [3.8, 4) is 0 Å². The number of rotatable bonds is 4. The lowest BCUT2D eigenvalue weighted by Crippen LogP contribution is -2.39. The molecule has 3 heterocycles. The van der Waals surface area contributed by atoms with Crippen molar-refractivity contribution >= 4 is 31.5 Å². The van der Waals surface area contributed by atoms with Crippen molar-refractivity contribution in [2.75, 3.05) is 13.7 Å². The number of pyridine rings is 1. The normalized spacial score (nSPS) is 27.8. The van der Waals surface area contributed by atoms with Gasteiger partial charge in [-0.2, -0.15) is 0 Å². The Hall–Kier alpha value is -1.54. The molecule has 3 atom stereocenters. The zero-order valence-electron chi connectivity index (χ0n) is 14.2. The van der Waals surface area contributed by atoms with Crippen LogP contribution in [0, 0.1) is 5.92 Å². The van der Waals surface area contributed by atoms with Crippen molar-refractivity contribution < 1.29 is 19.0 Å². The van der Waals surface area contributed by atoms with Crippen LogP contribution in [0.3, 0.4) is 0 Å². The highest BCUT2D eigenvalue weighted by molar-refractivity contribution is 9.18. The van der Waals surface area contributed by atoms with E-state index in [9.17, 15) is 0 Å². The van der Waals surface area contributed by atoms with E-state index in [0.29, 0.717) is 16.9 Å². The van der Waals surface area contributed by atoms with Gasteiger partial charge in [0.25, 0.3) is 5.79 Å². The Labute approximate surface area is 154 Å². The molecule has 2 aromatic rings. The van der Waals surface area contributed by atoms with E-state index in [0.717, 1.165) is 16.5 Å². The Morgan fingerprint density at radius 1 is 1.32 bits per heavy atom. The van der Waals surface area contributed by atoms with Gasteiger partial charge in [-0.1, -0.05) is 23.4 Å². The maximum absolute atomic E-state index is 6.27. The molecule has 132 valence electrons. The quantitative estimate of drug-likeness (QED) is 0.771. The molecule has 4 rings (SSSR count). The summed E-state index contributed by atoms with van der Waals surface area (Å²) in [5.41, 5.74) is 2.43. The molecular formula is C18H19BrN2O4. The number of halogens is 1. The van der Waals surface area contributed by atoms with E-state index in [2.05, 4.69) is 27.2 Å². The van der Waals surface area contributed by atoms with Crippen molar-refractivity contribution in [3.05, 3.63) is 41.6 Å². The summed E-state index contributed by atoms with van der Waals surface area (Å²) < 4.78 is 18.3. The molecule has 25 heavy (non-hydrogen) atoms. The van der Waals surface area contributed by atoms with Crippen LogP contribution in [0.25, 0.3) is 10.9 Å². The van der Waals surface area contributed by atoms with E-state index in [1.165, 1.54) is 0 Å². The van der Waals surface area contributed by atoms with Crippen molar-refractivity contribution in [3.63, 3.8) is 0 Å². The van der Waals surface area contributed by atoms with Crippen LogP contribution >= 0.6 is 15.9 Å². The summed E-state index contributed by atoms with van der Waals surface area (Å²) in [5, 5.41) is 5.13. The van der Waals surface area contributed by atoms with Gasteiger partial charge in [0.15, 0.2) is 6.29 Å². The third-order valence-electron chi connectivity index (χ3n) is 4.36. The third kappa shape index (κ3) is 2.66. The molecule has 2 aliphatic rings. The Morgan fingerprint density at radius 2 is 2.12 bits per heavy atom. The minimum atomic E-state index is -1.15. The summed E-state index contributed by atoms with van der Waals surface area (Å²) in [5.74, 6) is -1.40. The second kappa shape index (κ2) is 6.32. The van der Waals surface area contributed by atoms with Gasteiger partial charge in [0.1, 0.15) is 16.2 Å². The highest BCUT2D eigenvalue weighted by Crippen LogP contribution is 2.52. The minimum absolute atomic E-state index is 0.00823. The standard InChI is InChI=1S/C18H19BrN2O4/c1-10(2)23-17-12-8-11-6-4-5-7-14(11)20-15(12)18(24-17)13(9-22-3)16(19)21-25-18/h4-8,10,13,17H,9H2,1-3H3/t13-,17-,18+/m0/s1. The van der Waals surface area contributed by atoms with Gasteiger partial charge >= 0.3 is 0 Å². The first-order chi connectivity index (χ1) is 12.0. The topological polar surface area (TPSA) is 62.2 Å². The van der Waals surface area contributed by atoms with Crippen LogP contribution in [0.1, 0.15) is 31.4 Å². The van der Waals surface area contributed by atoms with Gasteiger partial charge in [-0.25, -0.2) is 4.98 Å². The maximum Gasteiger partial charge on any atom is 0.294 e. The average Bonchev–Trinajstić information content (AvgIpc) is 3.06. The number of nitrogens with zero attached hydrogens (tertiary/aromatic N) is 2. The van der Waals surface area contributed by atoms with Gasteiger partial charge in [-0.05, 0) is 41.9 Å². The van der Waals surface area contributed by atoms with Gasteiger partial charge in [-0.15, -0.1) is 0 Å². The van der Waals surface area contributed by atoms with E-state index in [1.807, 2.05) is 38.1 Å². The second-order valence-electron chi connectivity index (χ2n) is 6.43. The fraction of sp³-hybridized carbons (Fsp3) is 0.444. The molecule has 1 aromatic heterocycles. The van der Waals surface area contributed by atoms with Crippen LogP contribution in [0.4, 0.5) is 0 Å². The summed E-state index contributed by atoms with van der Waals surface area (Å²) in [6.45, 7) is 4.32. The summed E-state index contributed by atoms with van der Waals surface area (Å²) in [6, 6.07) is 9.99. The highest BCUT2D eigenvalue weighted by Gasteiger charge is 2.60. The van der Waals surface area contributed by atoms with E-state index in [-0.39, 0.29) is 12.0 Å². The molecule has 0 N–H and O–H groups in total. The lowest BCUT2D eigenvalue weighted by atomic mass is 9.95. The van der Waals surface area contributed by atoms with E-state index < -0.39 is 12.1 Å². The molecule has 0 radical (unpaired) electrons. The Bertz CT molecular complexity index is 841. The number of para-hydroxylation sites is 1. The molecule has 6 nitrogen and oxygen atoms in total. The summed E-state index contributed by atoms with van der Waals surface area (Å²) in [7, 11) is 1.64. The number of benzene rings is 1. The molecule has 0 fully saturated rings. The first-order valence-electron chi connectivity index (χ1n) is 8.19. The van der Waals surface area contributed by atoms with Crippen LogP contribution in [0.15, 0.2) is 35.5 Å². The number of aromatic nitrogens is 1. The van der Waals surface area contributed by atoms with E-state index in [1.54, 1.807) is 7.11 Å². The SMILES string of the molecule is COC[C@H]1C(Br)=NO[C@]12O[C@H](OC(C)C)c1cc3ccccc3nc12. The fourth-order valence-corrected chi connectivity index (χ4v) is 3.78. The number of ether oxygens (including phenoxy) is 3. The highest BCUT2D eigenvalue weighted by atomic mass is 79.9. The van der Waals surface area contributed by atoms with E-state index in [4.69, 9.17) is 24.0 Å². The predicted octanol–water partition coefficient (Wildman–Crippen LogP) is 3.84. The van der Waals surface area contributed by atoms with Gasteiger partial charge in [0.05, 0.1) is 18.2 Å². The Kier molecular flexibility index (Phi) is 4.27. The van der Waals surface area contributed by atoms with Gasteiger partial charge < -0.3 is 14.3 Å². The molecule has 0 saturated heterocycles. The molecule has 0 bridgehead atoms. The summed E-state index contributed by atoms with van der Waals surface area (Å²) >= 11 is 3.46. The van der Waals surface area contributed by atoms with Crippen LogP contribution in [-0.2, 0) is 24.8 Å². The smallest absolute Gasteiger partial charge is 0.294 e. The van der Waals surface area contributed by atoms with Gasteiger partial charge in [0, 0.05) is 18.1 Å². The second-order valence-corrected chi connectivity index (χ2v) is 7.25. The van der Waals surface area contributed by atoms with Gasteiger partial charge in [0.2, 0.25) is 0 Å². The van der Waals surface area contributed by atoms with Gasteiger partial charge in [-0.3, -0.25) is 4.74 Å². The number of hydrogen-bond donors (Lipinski definition) is 0. The lowest BCUT2D eigenvalue weighted by molar-refractivity contribution is -0.317.